The van der Waals surface area contributed by atoms with Crippen LogP contribution in [0.1, 0.15) is 18.9 Å². The van der Waals surface area contributed by atoms with Gasteiger partial charge >= 0.3 is 5.97 Å². The number of benzene rings is 1. The lowest BCUT2D eigenvalue weighted by Crippen LogP contribution is -2.14. The topological polar surface area (TPSA) is 78.4 Å². The Morgan fingerprint density at radius 1 is 1.56 bits per heavy atom. The van der Waals surface area contributed by atoms with Crippen LogP contribution in [0.25, 0.3) is 0 Å². The molecule has 0 aromatic heterocycles. The van der Waals surface area contributed by atoms with Crippen LogP contribution >= 0.6 is 0 Å². The van der Waals surface area contributed by atoms with Gasteiger partial charge in [-0.25, -0.2) is 0 Å². The molecule has 0 saturated carbocycles. The van der Waals surface area contributed by atoms with Crippen molar-refractivity contribution >= 4 is 23.3 Å². The van der Waals surface area contributed by atoms with E-state index in [0.29, 0.717) is 13.0 Å². The Morgan fingerprint density at radius 3 is 3.06 bits per heavy atom. The van der Waals surface area contributed by atoms with Crippen LogP contribution in [0.5, 0.6) is 0 Å². The first-order valence-corrected chi connectivity index (χ1v) is 5.93. The lowest BCUT2D eigenvalue weighted by atomic mass is 10.1. The molecule has 0 radical (unpaired) electrons. The monoisotopic (exact) mass is 248 g/mol. The molecule has 1 aliphatic heterocycles. The zero-order valence-electron chi connectivity index (χ0n) is 10.2. The molecule has 2 rings (SSSR count). The average molecular weight is 248 g/mol. The molecular formula is C13H16N2O3. The van der Waals surface area contributed by atoms with E-state index in [1.165, 1.54) is 0 Å². The Labute approximate surface area is 105 Å². The molecular weight excluding hydrogens is 232 g/mol. The van der Waals surface area contributed by atoms with E-state index in [9.17, 15) is 9.59 Å². The molecule has 1 aromatic carbocycles. The fourth-order valence-electron chi connectivity index (χ4n) is 2.00. The van der Waals surface area contributed by atoms with Gasteiger partial charge in [0.2, 0.25) is 5.91 Å². The number of carbonyl (C=O) groups is 2. The van der Waals surface area contributed by atoms with Crippen LogP contribution in [0.4, 0.5) is 11.4 Å². The van der Waals surface area contributed by atoms with Crippen LogP contribution in [-0.2, 0) is 16.0 Å². The Bertz CT molecular complexity index is 485. The molecule has 5 heteroatoms. The molecule has 0 saturated heterocycles. The Hall–Kier alpha value is -2.04. The molecule has 1 aromatic rings. The number of nitrogens with one attached hydrogen (secondary N) is 2. The summed E-state index contributed by atoms with van der Waals surface area (Å²) in [7, 11) is 0. The number of amides is 1. The highest BCUT2D eigenvalue weighted by molar-refractivity contribution is 5.99. The number of anilines is 2. The van der Waals surface area contributed by atoms with Gasteiger partial charge in [-0.3, -0.25) is 9.59 Å². The maximum absolute atomic E-state index is 11.2. The maximum atomic E-state index is 11.2. The van der Waals surface area contributed by atoms with Crippen LogP contribution in [0.2, 0.25) is 0 Å². The van der Waals surface area contributed by atoms with Gasteiger partial charge in [0.15, 0.2) is 0 Å². The first-order valence-electron chi connectivity index (χ1n) is 5.93. The molecule has 1 amide bonds. The quantitative estimate of drug-likeness (QED) is 0.741. The fraction of sp³-hybridized carbons (Fsp3) is 0.385. The van der Waals surface area contributed by atoms with Gasteiger partial charge in [0, 0.05) is 24.3 Å². The summed E-state index contributed by atoms with van der Waals surface area (Å²) in [6, 6.07) is 5.68. The normalized spacial score (nSPS) is 14.8. The zero-order valence-corrected chi connectivity index (χ0v) is 10.2. The largest absolute Gasteiger partial charge is 0.481 e. The minimum absolute atomic E-state index is 0.0152. The van der Waals surface area contributed by atoms with E-state index in [4.69, 9.17) is 5.11 Å². The Morgan fingerprint density at radius 2 is 2.33 bits per heavy atom. The second-order valence-electron chi connectivity index (χ2n) is 4.68. The number of carboxylic acid groups (broad SMARTS) is 1. The van der Waals surface area contributed by atoms with Crippen molar-refractivity contribution in [3.8, 4) is 0 Å². The predicted octanol–water partition coefficient (Wildman–Crippen LogP) is 1.70. The van der Waals surface area contributed by atoms with Gasteiger partial charge in [0.1, 0.15) is 0 Å². The number of hydrogen-bond acceptors (Lipinski definition) is 3. The smallest absolute Gasteiger partial charge is 0.303 e. The van der Waals surface area contributed by atoms with Crippen molar-refractivity contribution in [3.05, 3.63) is 23.8 Å². The standard InChI is InChI=1S/C13H16N2O3/c1-8(4-13(17)18)7-14-10-2-3-11-9(5-10)6-12(16)15-11/h2-3,5,8,14H,4,6-7H2,1H3,(H,15,16)(H,17,18). The van der Waals surface area contributed by atoms with Gasteiger partial charge in [-0.15, -0.1) is 0 Å². The molecule has 0 bridgehead atoms. The summed E-state index contributed by atoms with van der Waals surface area (Å²) in [6.45, 7) is 2.49. The molecule has 1 unspecified atom stereocenters. The van der Waals surface area contributed by atoms with Crippen molar-refractivity contribution in [1.29, 1.82) is 0 Å². The van der Waals surface area contributed by atoms with Crippen LogP contribution in [0, 0.1) is 5.92 Å². The van der Waals surface area contributed by atoms with Gasteiger partial charge < -0.3 is 15.7 Å². The first-order chi connectivity index (χ1) is 8.54. The number of fused-ring (bicyclic) bond motifs is 1. The van der Waals surface area contributed by atoms with Crippen molar-refractivity contribution in [3.63, 3.8) is 0 Å². The van der Waals surface area contributed by atoms with Gasteiger partial charge in [0.25, 0.3) is 0 Å². The van der Waals surface area contributed by atoms with Crippen LogP contribution in [-0.4, -0.2) is 23.5 Å². The summed E-state index contributed by atoms with van der Waals surface area (Å²) in [5.41, 5.74) is 2.77. The summed E-state index contributed by atoms with van der Waals surface area (Å²) < 4.78 is 0. The lowest BCUT2D eigenvalue weighted by Gasteiger charge is -2.12. The number of carbonyl (C=O) groups excluding carboxylic acids is 1. The molecule has 1 heterocycles. The van der Waals surface area contributed by atoms with Crippen LogP contribution < -0.4 is 10.6 Å². The van der Waals surface area contributed by atoms with Crippen molar-refractivity contribution in [2.45, 2.75) is 19.8 Å². The summed E-state index contributed by atoms with van der Waals surface area (Å²) in [6.07, 6.45) is 0.563. The molecule has 5 nitrogen and oxygen atoms in total. The highest BCUT2D eigenvalue weighted by Crippen LogP contribution is 2.26. The third-order valence-electron chi connectivity index (χ3n) is 2.91. The molecule has 1 atom stereocenters. The number of carboxylic acids is 1. The number of hydrogen-bond donors (Lipinski definition) is 3. The SMILES string of the molecule is CC(CNc1ccc2c(c1)CC(=O)N2)CC(=O)O. The second-order valence-corrected chi connectivity index (χ2v) is 4.68. The van der Waals surface area contributed by atoms with Gasteiger partial charge in [0.05, 0.1) is 6.42 Å². The van der Waals surface area contributed by atoms with E-state index < -0.39 is 5.97 Å². The van der Waals surface area contributed by atoms with E-state index in [1.807, 2.05) is 25.1 Å². The third kappa shape index (κ3) is 3.00. The van der Waals surface area contributed by atoms with Gasteiger partial charge in [-0.1, -0.05) is 6.92 Å². The third-order valence-corrected chi connectivity index (χ3v) is 2.91. The van der Waals surface area contributed by atoms with E-state index in [0.717, 1.165) is 16.9 Å². The summed E-state index contributed by atoms with van der Waals surface area (Å²) in [4.78, 5) is 21.7. The van der Waals surface area contributed by atoms with Crippen LogP contribution in [0.3, 0.4) is 0 Å². The second kappa shape index (κ2) is 5.08. The highest BCUT2D eigenvalue weighted by Gasteiger charge is 2.17. The van der Waals surface area contributed by atoms with Crippen LogP contribution in [0.15, 0.2) is 18.2 Å². The molecule has 18 heavy (non-hydrogen) atoms. The highest BCUT2D eigenvalue weighted by atomic mass is 16.4. The average Bonchev–Trinajstić information content (AvgIpc) is 2.64. The fourth-order valence-corrected chi connectivity index (χ4v) is 2.00. The molecule has 0 spiro atoms. The summed E-state index contributed by atoms with van der Waals surface area (Å²) in [5, 5.41) is 14.6. The van der Waals surface area contributed by atoms with Crippen molar-refractivity contribution in [2.75, 3.05) is 17.2 Å². The van der Waals surface area contributed by atoms with E-state index >= 15 is 0 Å². The summed E-state index contributed by atoms with van der Waals surface area (Å²) >= 11 is 0. The molecule has 96 valence electrons. The predicted molar refractivity (Wildman–Crippen MR) is 68.7 cm³/mol. The van der Waals surface area contributed by atoms with Crippen molar-refractivity contribution in [1.82, 2.24) is 0 Å². The minimum Gasteiger partial charge on any atom is -0.481 e. The molecule has 0 aliphatic carbocycles. The van der Waals surface area contributed by atoms with E-state index in [-0.39, 0.29) is 18.2 Å². The molecule has 1 aliphatic rings. The number of rotatable bonds is 5. The van der Waals surface area contributed by atoms with Gasteiger partial charge in [-0.2, -0.15) is 0 Å². The van der Waals surface area contributed by atoms with E-state index in [2.05, 4.69) is 10.6 Å². The van der Waals surface area contributed by atoms with Crippen molar-refractivity contribution < 1.29 is 14.7 Å². The first kappa shape index (κ1) is 12.4. The summed E-state index contributed by atoms with van der Waals surface area (Å²) in [5.74, 6) is -0.704. The van der Waals surface area contributed by atoms with Crippen molar-refractivity contribution in [2.24, 2.45) is 5.92 Å². The Balaban J connectivity index is 1.93. The zero-order chi connectivity index (χ0) is 13.1. The minimum atomic E-state index is -0.784. The van der Waals surface area contributed by atoms with E-state index in [1.54, 1.807) is 0 Å². The molecule has 3 N–H and O–H groups in total. The number of aliphatic carboxylic acids is 1. The maximum Gasteiger partial charge on any atom is 0.303 e. The van der Waals surface area contributed by atoms with Gasteiger partial charge in [-0.05, 0) is 29.7 Å². The molecule has 0 fully saturated rings. The lowest BCUT2D eigenvalue weighted by molar-refractivity contribution is -0.137. The Kier molecular flexibility index (Phi) is 3.50.